The average molecular weight is 466 g/mol. The zero-order valence-electron chi connectivity index (χ0n) is 19.7. The number of carbonyl (C=O) groups is 3. The van der Waals surface area contributed by atoms with E-state index in [9.17, 15) is 14.4 Å². The lowest BCUT2D eigenvalue weighted by Crippen LogP contribution is -2.64. The highest BCUT2D eigenvalue weighted by molar-refractivity contribution is 6.11. The fraction of sp³-hybridized carbons (Fsp3) is 0.276. The van der Waals surface area contributed by atoms with Gasteiger partial charge in [0.2, 0.25) is 11.8 Å². The molecule has 3 aromatic rings. The Bertz CT molecular complexity index is 1340. The predicted octanol–water partition coefficient (Wildman–Crippen LogP) is 4.16. The number of para-hydroxylation sites is 1. The summed E-state index contributed by atoms with van der Waals surface area (Å²) < 4.78 is 0. The molecule has 3 amide bonds. The van der Waals surface area contributed by atoms with Gasteiger partial charge in [0.1, 0.15) is 12.2 Å². The van der Waals surface area contributed by atoms with Crippen molar-refractivity contribution in [2.24, 2.45) is 0 Å². The average Bonchev–Trinajstić information content (AvgIpc) is 3.21. The van der Waals surface area contributed by atoms with E-state index in [1.165, 1.54) is 11.1 Å². The molecule has 0 aromatic heterocycles. The van der Waals surface area contributed by atoms with Crippen LogP contribution in [-0.2, 0) is 16.1 Å². The minimum atomic E-state index is -0.843. The summed E-state index contributed by atoms with van der Waals surface area (Å²) in [6, 6.07) is 25.7. The molecule has 0 radical (unpaired) electrons. The van der Waals surface area contributed by atoms with Gasteiger partial charge in [0, 0.05) is 25.4 Å². The Hall–Kier alpha value is -3.93. The molecule has 6 nitrogen and oxygen atoms in total. The fourth-order valence-corrected chi connectivity index (χ4v) is 5.94. The quantitative estimate of drug-likeness (QED) is 0.584. The van der Waals surface area contributed by atoms with Crippen LogP contribution in [0.3, 0.4) is 0 Å². The zero-order valence-corrected chi connectivity index (χ0v) is 19.7. The smallest absolute Gasteiger partial charge is 0.258 e. The topological polar surface area (TPSA) is 60.9 Å². The molecule has 0 spiro atoms. The minimum Gasteiger partial charge on any atom is -0.336 e. The predicted molar refractivity (Wildman–Crippen MR) is 133 cm³/mol. The molecule has 6 heteroatoms. The van der Waals surface area contributed by atoms with Crippen molar-refractivity contribution in [1.29, 1.82) is 0 Å². The summed E-state index contributed by atoms with van der Waals surface area (Å²) in [5.74, 6) is -0.239. The number of hydrogen-bond donors (Lipinski definition) is 0. The maximum atomic E-state index is 13.8. The zero-order chi connectivity index (χ0) is 24.2. The van der Waals surface area contributed by atoms with E-state index in [2.05, 4.69) is 24.3 Å². The second-order valence-corrected chi connectivity index (χ2v) is 9.79. The Kier molecular flexibility index (Phi) is 4.99. The van der Waals surface area contributed by atoms with Gasteiger partial charge in [-0.15, -0.1) is 0 Å². The van der Waals surface area contributed by atoms with E-state index in [1.54, 1.807) is 21.9 Å². The summed E-state index contributed by atoms with van der Waals surface area (Å²) >= 11 is 0. The first-order valence-corrected chi connectivity index (χ1v) is 12.1. The first-order chi connectivity index (χ1) is 17.0. The van der Waals surface area contributed by atoms with Crippen LogP contribution < -0.4 is 4.90 Å². The third-order valence-corrected chi connectivity index (χ3v) is 7.79. The van der Waals surface area contributed by atoms with Crippen molar-refractivity contribution in [3.63, 3.8) is 0 Å². The summed E-state index contributed by atoms with van der Waals surface area (Å²) in [7, 11) is 0. The van der Waals surface area contributed by atoms with Crippen molar-refractivity contribution in [1.82, 2.24) is 9.80 Å². The molecule has 176 valence electrons. The van der Waals surface area contributed by atoms with E-state index in [1.807, 2.05) is 54.3 Å². The van der Waals surface area contributed by atoms with Gasteiger partial charge in [-0.3, -0.25) is 19.3 Å². The molecule has 1 saturated heterocycles. The Labute approximate surface area is 204 Å². The number of benzene rings is 3. The summed E-state index contributed by atoms with van der Waals surface area (Å²) in [5.41, 5.74) is 3.80. The van der Waals surface area contributed by atoms with Crippen molar-refractivity contribution in [3.05, 3.63) is 101 Å². The van der Waals surface area contributed by atoms with Gasteiger partial charge in [-0.25, -0.2) is 0 Å². The van der Waals surface area contributed by atoms with E-state index in [4.69, 9.17) is 0 Å². The first kappa shape index (κ1) is 21.6. The molecule has 1 fully saturated rings. The minimum absolute atomic E-state index is 0.0130. The second kappa shape index (κ2) is 8.08. The van der Waals surface area contributed by atoms with Crippen molar-refractivity contribution >= 4 is 23.4 Å². The standard InChI is InChI=1S/C29H27N3O3/c1-29-16-15-26(33)32(29)25-14-8-7-13-23(25)28(35)31(29)19-27(34)30-17-21-11-5-6-12-22(21)24(18-30)20-9-3-2-4-10-20/h2-14,24H,15-19H2,1H3. The molecule has 0 aliphatic carbocycles. The molecule has 2 unspecified atom stereocenters. The number of hydrogen-bond acceptors (Lipinski definition) is 3. The second-order valence-electron chi connectivity index (χ2n) is 9.79. The molecular formula is C29H27N3O3. The lowest BCUT2D eigenvalue weighted by atomic mass is 9.84. The van der Waals surface area contributed by atoms with Crippen LogP contribution in [0.2, 0.25) is 0 Å². The van der Waals surface area contributed by atoms with E-state index in [-0.39, 0.29) is 30.2 Å². The van der Waals surface area contributed by atoms with E-state index in [0.717, 1.165) is 5.56 Å². The summed E-state index contributed by atoms with van der Waals surface area (Å²) in [6.07, 6.45) is 0.866. The van der Waals surface area contributed by atoms with Crippen LogP contribution in [0.25, 0.3) is 0 Å². The normalized spacial score (nSPS) is 23.1. The maximum absolute atomic E-state index is 13.8. The molecule has 3 aliphatic rings. The molecule has 3 aliphatic heterocycles. The van der Waals surface area contributed by atoms with Crippen molar-refractivity contribution in [2.75, 3.05) is 18.0 Å². The molecule has 2 atom stereocenters. The summed E-state index contributed by atoms with van der Waals surface area (Å²) in [6.45, 7) is 2.91. The van der Waals surface area contributed by atoms with Crippen LogP contribution in [0, 0.1) is 0 Å². The van der Waals surface area contributed by atoms with Crippen molar-refractivity contribution in [3.8, 4) is 0 Å². The summed E-state index contributed by atoms with van der Waals surface area (Å²) in [4.78, 5) is 45.4. The Morgan fingerprint density at radius 2 is 1.66 bits per heavy atom. The van der Waals surface area contributed by atoms with Crippen LogP contribution in [0.1, 0.15) is 52.7 Å². The molecule has 3 aromatic carbocycles. The highest BCUT2D eigenvalue weighted by Gasteiger charge is 2.53. The van der Waals surface area contributed by atoms with Crippen LogP contribution in [-0.4, -0.2) is 46.3 Å². The number of fused-ring (bicyclic) bond motifs is 4. The Balaban J connectivity index is 1.32. The molecule has 3 heterocycles. The monoisotopic (exact) mass is 465 g/mol. The molecule has 0 saturated carbocycles. The van der Waals surface area contributed by atoms with Crippen LogP contribution in [0.5, 0.6) is 0 Å². The van der Waals surface area contributed by atoms with Gasteiger partial charge in [0.25, 0.3) is 5.91 Å². The number of anilines is 1. The maximum Gasteiger partial charge on any atom is 0.258 e. The van der Waals surface area contributed by atoms with Crippen molar-refractivity contribution < 1.29 is 14.4 Å². The van der Waals surface area contributed by atoms with Crippen LogP contribution >= 0.6 is 0 Å². The molecular weight excluding hydrogens is 438 g/mol. The lowest BCUT2D eigenvalue weighted by molar-refractivity contribution is -0.134. The highest BCUT2D eigenvalue weighted by atomic mass is 16.2. The molecule has 6 rings (SSSR count). The Morgan fingerprint density at radius 3 is 2.49 bits per heavy atom. The van der Waals surface area contributed by atoms with Gasteiger partial charge in [0.05, 0.1) is 11.3 Å². The van der Waals surface area contributed by atoms with Gasteiger partial charge in [-0.1, -0.05) is 66.7 Å². The number of carbonyl (C=O) groups excluding carboxylic acids is 3. The Morgan fingerprint density at radius 1 is 0.943 bits per heavy atom. The number of rotatable bonds is 3. The highest BCUT2D eigenvalue weighted by Crippen LogP contribution is 2.44. The van der Waals surface area contributed by atoms with Crippen LogP contribution in [0.15, 0.2) is 78.9 Å². The fourth-order valence-electron chi connectivity index (χ4n) is 5.94. The van der Waals surface area contributed by atoms with E-state index < -0.39 is 5.66 Å². The van der Waals surface area contributed by atoms with Gasteiger partial charge < -0.3 is 9.80 Å². The van der Waals surface area contributed by atoms with Crippen molar-refractivity contribution in [2.45, 2.75) is 37.9 Å². The van der Waals surface area contributed by atoms with E-state index >= 15 is 0 Å². The third-order valence-electron chi connectivity index (χ3n) is 7.79. The van der Waals surface area contributed by atoms with Gasteiger partial charge in [-0.05, 0) is 42.2 Å². The number of amides is 3. The molecule has 0 bridgehead atoms. The lowest BCUT2D eigenvalue weighted by Gasteiger charge is -2.49. The molecule has 0 N–H and O–H groups in total. The van der Waals surface area contributed by atoms with E-state index in [0.29, 0.717) is 37.2 Å². The number of nitrogens with zero attached hydrogens (tertiary/aromatic N) is 3. The summed E-state index contributed by atoms with van der Waals surface area (Å²) in [5, 5.41) is 0. The van der Waals surface area contributed by atoms with Gasteiger partial charge in [0.15, 0.2) is 0 Å². The first-order valence-electron chi connectivity index (χ1n) is 12.1. The SMILES string of the molecule is CC12CCC(=O)N1c1ccccc1C(=O)N2CC(=O)N1Cc2ccccc2C(c2ccccc2)C1. The van der Waals surface area contributed by atoms with Gasteiger partial charge >= 0.3 is 0 Å². The van der Waals surface area contributed by atoms with Gasteiger partial charge in [-0.2, -0.15) is 0 Å². The molecule has 35 heavy (non-hydrogen) atoms. The van der Waals surface area contributed by atoms with Crippen LogP contribution in [0.4, 0.5) is 5.69 Å². The third kappa shape index (κ3) is 3.35. The largest absolute Gasteiger partial charge is 0.336 e.